The molecule has 2 aromatic carbocycles. The summed E-state index contributed by atoms with van der Waals surface area (Å²) < 4.78 is 43.9. The maximum atomic E-state index is 12.8. The van der Waals surface area contributed by atoms with Crippen molar-refractivity contribution in [3.63, 3.8) is 0 Å². The number of anilines is 1. The maximum absolute atomic E-state index is 12.8. The summed E-state index contributed by atoms with van der Waals surface area (Å²) in [5.41, 5.74) is 8.12. The predicted octanol–water partition coefficient (Wildman–Crippen LogP) is 4.31. The molecule has 0 aliphatic carbocycles. The quantitative estimate of drug-likeness (QED) is 0.406. The lowest BCUT2D eigenvalue weighted by atomic mass is 10.1. The van der Waals surface area contributed by atoms with E-state index in [1.165, 1.54) is 30.5 Å². The van der Waals surface area contributed by atoms with Gasteiger partial charge < -0.3 is 10.2 Å². The number of alkyl halides is 3. The molecule has 0 spiro atoms. The lowest BCUT2D eigenvalue weighted by Gasteiger charge is -2.07. The van der Waals surface area contributed by atoms with Gasteiger partial charge in [0.15, 0.2) is 0 Å². The molecule has 0 bridgehead atoms. The Labute approximate surface area is 152 Å². The number of amides is 1. The number of nitrogens with one attached hydrogen (secondary N) is 1. The summed E-state index contributed by atoms with van der Waals surface area (Å²) in [4.78, 5) is 12.0. The number of rotatable bonds is 4. The fourth-order valence-electron chi connectivity index (χ4n) is 2.34. The summed E-state index contributed by atoms with van der Waals surface area (Å²) in [6.45, 7) is 0. The lowest BCUT2D eigenvalue weighted by Crippen LogP contribution is -2.18. The zero-order valence-electron chi connectivity index (χ0n) is 13.8. The van der Waals surface area contributed by atoms with Crippen molar-refractivity contribution in [2.75, 3.05) is 5.73 Å². The Morgan fingerprint density at radius 3 is 2.59 bits per heavy atom. The van der Waals surface area contributed by atoms with Gasteiger partial charge in [-0.3, -0.25) is 4.79 Å². The number of carbonyl (C=O) groups is 1. The number of nitrogens with two attached hydrogens (primary N) is 1. The molecule has 3 aromatic rings. The van der Waals surface area contributed by atoms with Gasteiger partial charge in [0.1, 0.15) is 11.5 Å². The molecule has 5 nitrogen and oxygen atoms in total. The van der Waals surface area contributed by atoms with Crippen LogP contribution in [0.1, 0.15) is 21.7 Å². The van der Waals surface area contributed by atoms with E-state index in [2.05, 4.69) is 10.5 Å². The Kier molecular flexibility index (Phi) is 4.98. The van der Waals surface area contributed by atoms with E-state index in [-0.39, 0.29) is 22.6 Å². The number of benzene rings is 2. The summed E-state index contributed by atoms with van der Waals surface area (Å²) in [7, 11) is 0. The Balaban J connectivity index is 1.70. The van der Waals surface area contributed by atoms with Crippen LogP contribution in [-0.4, -0.2) is 12.1 Å². The number of furan rings is 1. The van der Waals surface area contributed by atoms with E-state index in [4.69, 9.17) is 10.2 Å². The van der Waals surface area contributed by atoms with Gasteiger partial charge in [0.25, 0.3) is 5.91 Å². The molecular weight excluding hydrogens is 359 g/mol. The number of nitrogen functional groups attached to an aromatic ring is 1. The van der Waals surface area contributed by atoms with E-state index in [0.717, 1.165) is 12.1 Å². The Morgan fingerprint density at radius 2 is 1.85 bits per heavy atom. The molecule has 3 N–H and O–H groups in total. The Hall–Kier alpha value is -3.55. The number of hydrazone groups is 1. The third kappa shape index (κ3) is 4.35. The van der Waals surface area contributed by atoms with Crippen molar-refractivity contribution in [1.82, 2.24) is 5.43 Å². The molecule has 1 aromatic heterocycles. The van der Waals surface area contributed by atoms with Crippen LogP contribution in [0.3, 0.4) is 0 Å². The molecule has 1 amide bonds. The molecule has 0 radical (unpaired) electrons. The summed E-state index contributed by atoms with van der Waals surface area (Å²) in [5, 5.41) is 3.77. The molecule has 8 heteroatoms. The van der Waals surface area contributed by atoms with E-state index in [1.54, 1.807) is 24.3 Å². The molecule has 0 aliphatic rings. The van der Waals surface area contributed by atoms with Crippen molar-refractivity contribution < 1.29 is 22.4 Å². The van der Waals surface area contributed by atoms with Crippen LogP contribution < -0.4 is 11.2 Å². The van der Waals surface area contributed by atoms with Crippen molar-refractivity contribution in [3.05, 3.63) is 77.6 Å². The number of nitrogens with zero attached hydrogens (tertiary/aromatic N) is 1. The zero-order valence-corrected chi connectivity index (χ0v) is 13.8. The molecule has 1 heterocycles. The van der Waals surface area contributed by atoms with Crippen LogP contribution in [0.5, 0.6) is 0 Å². The number of halogens is 3. The Bertz CT molecular complexity index is 994. The van der Waals surface area contributed by atoms with Crippen molar-refractivity contribution in [1.29, 1.82) is 0 Å². The smallest absolute Gasteiger partial charge is 0.416 e. The highest BCUT2D eigenvalue weighted by molar-refractivity contribution is 5.99. The molecule has 0 saturated carbocycles. The molecule has 3 rings (SSSR count). The largest absolute Gasteiger partial charge is 0.455 e. The molecule has 138 valence electrons. The van der Waals surface area contributed by atoms with Crippen molar-refractivity contribution in [3.8, 4) is 11.3 Å². The second-order valence-corrected chi connectivity index (χ2v) is 5.57. The molecule has 0 saturated heterocycles. The number of hydrogen-bond acceptors (Lipinski definition) is 4. The minimum Gasteiger partial charge on any atom is -0.455 e. The van der Waals surface area contributed by atoms with E-state index in [9.17, 15) is 18.0 Å². The predicted molar refractivity (Wildman–Crippen MR) is 95.1 cm³/mol. The van der Waals surface area contributed by atoms with Crippen LogP contribution in [0.4, 0.5) is 18.9 Å². The zero-order chi connectivity index (χ0) is 19.4. The van der Waals surface area contributed by atoms with E-state index in [1.807, 2.05) is 0 Å². The van der Waals surface area contributed by atoms with Crippen molar-refractivity contribution in [2.24, 2.45) is 5.10 Å². The molecular formula is C19H14F3N3O2. The standard InChI is InChI=1S/C19H14F3N3O2/c20-19(21,22)13-5-3-4-12(10-13)17-9-8-14(27-17)11-24-25-18(26)15-6-1-2-7-16(15)23/h1-11H,23H2,(H,25,26)/b24-11-. The number of hydrogen-bond donors (Lipinski definition) is 2. The topological polar surface area (TPSA) is 80.6 Å². The minimum absolute atomic E-state index is 0.251. The first-order chi connectivity index (χ1) is 12.8. The minimum atomic E-state index is -4.43. The number of carbonyl (C=O) groups excluding carboxylic acids is 1. The third-order valence-corrected chi connectivity index (χ3v) is 3.66. The molecule has 0 atom stereocenters. The van der Waals surface area contributed by atoms with Crippen LogP contribution in [0, 0.1) is 0 Å². The van der Waals surface area contributed by atoms with Gasteiger partial charge in [-0.2, -0.15) is 18.3 Å². The highest BCUT2D eigenvalue weighted by Crippen LogP contribution is 2.32. The SMILES string of the molecule is Nc1ccccc1C(=O)N/N=C\c1ccc(-c2cccc(C(F)(F)F)c2)o1. The van der Waals surface area contributed by atoms with Gasteiger partial charge in [-0.25, -0.2) is 5.43 Å². The van der Waals surface area contributed by atoms with Crippen molar-refractivity contribution in [2.45, 2.75) is 6.18 Å². The highest BCUT2D eigenvalue weighted by atomic mass is 19.4. The van der Waals surface area contributed by atoms with Crippen LogP contribution in [0.25, 0.3) is 11.3 Å². The fourth-order valence-corrected chi connectivity index (χ4v) is 2.34. The summed E-state index contributed by atoms with van der Waals surface area (Å²) in [5.74, 6) is 0.0268. The van der Waals surface area contributed by atoms with Gasteiger partial charge in [-0.05, 0) is 36.4 Å². The molecule has 27 heavy (non-hydrogen) atoms. The second kappa shape index (κ2) is 7.36. The van der Waals surface area contributed by atoms with Gasteiger partial charge in [-0.15, -0.1) is 0 Å². The summed E-state index contributed by atoms with van der Waals surface area (Å²) in [6.07, 6.45) is -3.19. The average molecular weight is 373 g/mol. The van der Waals surface area contributed by atoms with Crippen LogP contribution in [0.2, 0.25) is 0 Å². The molecule has 0 unspecified atom stereocenters. The van der Waals surface area contributed by atoms with E-state index < -0.39 is 17.6 Å². The van der Waals surface area contributed by atoms with Crippen LogP contribution >= 0.6 is 0 Å². The van der Waals surface area contributed by atoms with Crippen LogP contribution in [0.15, 0.2) is 70.2 Å². The van der Waals surface area contributed by atoms with Crippen LogP contribution in [-0.2, 0) is 6.18 Å². The fraction of sp³-hybridized carbons (Fsp3) is 0.0526. The summed E-state index contributed by atoms with van der Waals surface area (Å²) >= 11 is 0. The highest BCUT2D eigenvalue weighted by Gasteiger charge is 2.30. The monoisotopic (exact) mass is 373 g/mol. The summed E-state index contributed by atoms with van der Waals surface area (Å²) in [6, 6.07) is 14.4. The first kappa shape index (κ1) is 18.2. The third-order valence-electron chi connectivity index (χ3n) is 3.66. The lowest BCUT2D eigenvalue weighted by molar-refractivity contribution is -0.137. The second-order valence-electron chi connectivity index (χ2n) is 5.57. The first-order valence-corrected chi connectivity index (χ1v) is 7.80. The van der Waals surface area contributed by atoms with E-state index in [0.29, 0.717) is 5.69 Å². The van der Waals surface area contributed by atoms with Gasteiger partial charge in [-0.1, -0.05) is 24.3 Å². The number of para-hydroxylation sites is 1. The molecule has 0 fully saturated rings. The normalized spacial score (nSPS) is 11.7. The Morgan fingerprint density at radius 1 is 1.07 bits per heavy atom. The van der Waals surface area contributed by atoms with Gasteiger partial charge in [0, 0.05) is 11.3 Å². The average Bonchev–Trinajstić information content (AvgIpc) is 3.10. The van der Waals surface area contributed by atoms with E-state index >= 15 is 0 Å². The van der Waals surface area contributed by atoms with Gasteiger partial charge in [0.2, 0.25) is 0 Å². The maximum Gasteiger partial charge on any atom is 0.416 e. The van der Waals surface area contributed by atoms with Crippen molar-refractivity contribution >= 4 is 17.8 Å². The first-order valence-electron chi connectivity index (χ1n) is 7.80. The van der Waals surface area contributed by atoms with Gasteiger partial charge in [0.05, 0.1) is 17.3 Å². The van der Waals surface area contributed by atoms with Gasteiger partial charge >= 0.3 is 6.18 Å². The molecule has 0 aliphatic heterocycles.